The topological polar surface area (TPSA) is 99.8 Å². The van der Waals surface area contributed by atoms with E-state index in [0.717, 1.165) is 12.8 Å². The smallest absolute Gasteiger partial charge is 0.255 e. The fraction of sp³-hybridized carbons (Fsp3) is 0.318. The van der Waals surface area contributed by atoms with Crippen LogP contribution in [0.3, 0.4) is 0 Å². The van der Waals surface area contributed by atoms with Gasteiger partial charge < -0.3 is 25.6 Å². The zero-order valence-corrected chi connectivity index (χ0v) is 17.1. The minimum absolute atomic E-state index is 0.0431. The second kappa shape index (κ2) is 9.78. The van der Waals surface area contributed by atoms with Crippen molar-refractivity contribution in [3.05, 3.63) is 54.1 Å². The lowest BCUT2D eigenvalue weighted by Crippen LogP contribution is -2.41. The highest BCUT2D eigenvalue weighted by molar-refractivity contribution is 6.04. The number of nitrogens with one attached hydrogen (secondary N) is 3. The van der Waals surface area contributed by atoms with Crippen LogP contribution in [0.5, 0.6) is 5.75 Å². The number of anilines is 2. The standard InChI is InChI=1S/C22H26N4O4/c1-26(14-20(27)24-17-7-8-17)21(28)13-23-16-5-3-15(4-6-16)22(29)25-18-9-11-19(30-2)12-10-18/h3-6,9-12,17,23H,7-8,13-14H2,1-2H3,(H,24,27)(H,25,29). The summed E-state index contributed by atoms with van der Waals surface area (Å²) < 4.78 is 5.10. The average Bonchev–Trinajstić information content (AvgIpc) is 3.56. The van der Waals surface area contributed by atoms with Crippen LogP contribution in [-0.4, -0.2) is 55.9 Å². The molecule has 8 heteroatoms. The molecule has 1 saturated carbocycles. The van der Waals surface area contributed by atoms with Crippen LogP contribution >= 0.6 is 0 Å². The van der Waals surface area contributed by atoms with E-state index >= 15 is 0 Å². The Bertz CT molecular complexity index is 892. The molecule has 2 aromatic carbocycles. The van der Waals surface area contributed by atoms with E-state index in [4.69, 9.17) is 4.74 Å². The minimum Gasteiger partial charge on any atom is -0.497 e. The van der Waals surface area contributed by atoms with Gasteiger partial charge in [0.1, 0.15) is 5.75 Å². The van der Waals surface area contributed by atoms with E-state index in [1.807, 2.05) is 0 Å². The Morgan fingerprint density at radius 2 is 1.63 bits per heavy atom. The van der Waals surface area contributed by atoms with Crippen LogP contribution in [0.25, 0.3) is 0 Å². The first-order valence-corrected chi connectivity index (χ1v) is 9.77. The van der Waals surface area contributed by atoms with Crippen molar-refractivity contribution in [1.82, 2.24) is 10.2 Å². The molecule has 8 nitrogen and oxygen atoms in total. The molecule has 0 spiro atoms. The molecular weight excluding hydrogens is 384 g/mol. The third kappa shape index (κ3) is 6.23. The Labute approximate surface area is 175 Å². The molecule has 0 heterocycles. The summed E-state index contributed by atoms with van der Waals surface area (Å²) in [5.41, 5.74) is 1.87. The Morgan fingerprint density at radius 3 is 2.23 bits per heavy atom. The molecule has 0 unspecified atom stereocenters. The molecule has 1 aliphatic rings. The van der Waals surface area contributed by atoms with Gasteiger partial charge in [-0.1, -0.05) is 0 Å². The lowest BCUT2D eigenvalue weighted by Gasteiger charge is -2.17. The van der Waals surface area contributed by atoms with Crippen molar-refractivity contribution in [3.63, 3.8) is 0 Å². The highest BCUT2D eigenvalue weighted by atomic mass is 16.5. The van der Waals surface area contributed by atoms with E-state index < -0.39 is 0 Å². The number of amides is 3. The van der Waals surface area contributed by atoms with Crippen molar-refractivity contribution in [2.45, 2.75) is 18.9 Å². The molecule has 30 heavy (non-hydrogen) atoms. The zero-order valence-electron chi connectivity index (χ0n) is 17.1. The first-order chi connectivity index (χ1) is 14.4. The highest BCUT2D eigenvalue weighted by Crippen LogP contribution is 2.18. The lowest BCUT2D eigenvalue weighted by atomic mass is 10.2. The van der Waals surface area contributed by atoms with Crippen LogP contribution in [0.4, 0.5) is 11.4 Å². The number of likely N-dealkylation sites (N-methyl/N-ethyl adjacent to an activating group) is 1. The number of rotatable bonds is 9. The summed E-state index contributed by atoms with van der Waals surface area (Å²) in [7, 11) is 3.18. The van der Waals surface area contributed by atoms with Gasteiger partial charge in [-0.15, -0.1) is 0 Å². The van der Waals surface area contributed by atoms with E-state index in [-0.39, 0.29) is 36.9 Å². The predicted octanol–water partition coefficient (Wildman–Crippen LogP) is 2.10. The van der Waals surface area contributed by atoms with Gasteiger partial charge in [-0.3, -0.25) is 14.4 Å². The number of ether oxygens (including phenoxy) is 1. The van der Waals surface area contributed by atoms with Crippen LogP contribution in [0.1, 0.15) is 23.2 Å². The van der Waals surface area contributed by atoms with Gasteiger partial charge in [-0.05, 0) is 61.4 Å². The van der Waals surface area contributed by atoms with Crippen molar-refractivity contribution < 1.29 is 19.1 Å². The minimum atomic E-state index is -0.232. The van der Waals surface area contributed by atoms with E-state index in [1.54, 1.807) is 62.7 Å². The molecule has 1 aliphatic carbocycles. The second-order valence-electron chi connectivity index (χ2n) is 7.21. The normalized spacial score (nSPS) is 12.6. The molecule has 0 bridgehead atoms. The monoisotopic (exact) mass is 410 g/mol. The van der Waals surface area contributed by atoms with Gasteiger partial charge in [0.25, 0.3) is 5.91 Å². The molecule has 0 atom stereocenters. The molecule has 2 aromatic rings. The number of nitrogens with zero attached hydrogens (tertiary/aromatic N) is 1. The maximum Gasteiger partial charge on any atom is 0.255 e. The third-order valence-electron chi connectivity index (χ3n) is 4.69. The maximum atomic E-state index is 12.4. The largest absolute Gasteiger partial charge is 0.497 e. The van der Waals surface area contributed by atoms with Gasteiger partial charge in [0.2, 0.25) is 11.8 Å². The van der Waals surface area contributed by atoms with Crippen molar-refractivity contribution >= 4 is 29.1 Å². The predicted molar refractivity (Wildman–Crippen MR) is 115 cm³/mol. The fourth-order valence-corrected chi connectivity index (χ4v) is 2.73. The molecular formula is C22H26N4O4. The molecule has 3 N–H and O–H groups in total. The molecule has 0 aromatic heterocycles. The van der Waals surface area contributed by atoms with Gasteiger partial charge >= 0.3 is 0 Å². The summed E-state index contributed by atoms with van der Waals surface area (Å²) in [4.78, 5) is 37.7. The number of hydrogen-bond donors (Lipinski definition) is 3. The summed E-state index contributed by atoms with van der Waals surface area (Å²) in [5.74, 6) is 0.152. The molecule has 3 amide bonds. The molecule has 1 fully saturated rings. The molecule has 0 saturated heterocycles. The van der Waals surface area contributed by atoms with Gasteiger partial charge in [0.15, 0.2) is 0 Å². The fourth-order valence-electron chi connectivity index (χ4n) is 2.73. The van der Waals surface area contributed by atoms with Crippen LogP contribution in [0, 0.1) is 0 Å². The van der Waals surface area contributed by atoms with Crippen molar-refractivity contribution in [2.24, 2.45) is 0 Å². The Hall–Kier alpha value is -3.55. The Morgan fingerprint density at radius 1 is 1.00 bits per heavy atom. The number of carbonyl (C=O) groups excluding carboxylic acids is 3. The number of benzene rings is 2. The Kier molecular flexibility index (Phi) is 6.90. The third-order valence-corrected chi connectivity index (χ3v) is 4.69. The maximum absolute atomic E-state index is 12.4. The first kappa shape index (κ1) is 21.2. The quantitative estimate of drug-likeness (QED) is 0.588. The first-order valence-electron chi connectivity index (χ1n) is 9.77. The van der Waals surface area contributed by atoms with Gasteiger partial charge in [-0.25, -0.2) is 0 Å². The van der Waals surface area contributed by atoms with Crippen LogP contribution in [0.15, 0.2) is 48.5 Å². The molecule has 158 valence electrons. The van der Waals surface area contributed by atoms with E-state index in [9.17, 15) is 14.4 Å². The number of methoxy groups -OCH3 is 1. The summed E-state index contributed by atoms with van der Waals surface area (Å²) in [6, 6.07) is 14.2. The van der Waals surface area contributed by atoms with Crippen LogP contribution in [-0.2, 0) is 9.59 Å². The number of carbonyl (C=O) groups is 3. The van der Waals surface area contributed by atoms with Crippen molar-refractivity contribution in [3.8, 4) is 5.75 Å². The van der Waals surface area contributed by atoms with Gasteiger partial charge in [0, 0.05) is 30.0 Å². The van der Waals surface area contributed by atoms with Crippen molar-refractivity contribution in [2.75, 3.05) is 37.9 Å². The highest BCUT2D eigenvalue weighted by Gasteiger charge is 2.24. The second-order valence-corrected chi connectivity index (χ2v) is 7.21. The summed E-state index contributed by atoms with van der Waals surface area (Å²) in [6.45, 7) is 0.103. The summed E-state index contributed by atoms with van der Waals surface area (Å²) in [6.07, 6.45) is 2.03. The molecule has 0 aliphatic heterocycles. The summed E-state index contributed by atoms with van der Waals surface area (Å²) >= 11 is 0. The van der Waals surface area contributed by atoms with E-state index in [0.29, 0.717) is 22.7 Å². The van der Waals surface area contributed by atoms with Crippen LogP contribution < -0.4 is 20.7 Å². The van der Waals surface area contributed by atoms with E-state index in [1.165, 1.54) is 4.90 Å². The number of hydrogen-bond acceptors (Lipinski definition) is 5. The van der Waals surface area contributed by atoms with Gasteiger partial charge in [0.05, 0.1) is 20.2 Å². The summed E-state index contributed by atoms with van der Waals surface area (Å²) in [5, 5.41) is 8.68. The molecule has 0 radical (unpaired) electrons. The molecule has 3 rings (SSSR count). The SMILES string of the molecule is COc1ccc(NC(=O)c2ccc(NCC(=O)N(C)CC(=O)NC3CC3)cc2)cc1. The average molecular weight is 410 g/mol. The Balaban J connectivity index is 1.45. The van der Waals surface area contributed by atoms with Gasteiger partial charge in [-0.2, -0.15) is 0 Å². The van der Waals surface area contributed by atoms with Crippen LogP contribution in [0.2, 0.25) is 0 Å². The zero-order chi connectivity index (χ0) is 21.5. The van der Waals surface area contributed by atoms with E-state index in [2.05, 4.69) is 16.0 Å². The van der Waals surface area contributed by atoms with Crippen molar-refractivity contribution in [1.29, 1.82) is 0 Å². The lowest BCUT2D eigenvalue weighted by molar-refractivity contribution is -0.133.